The summed E-state index contributed by atoms with van der Waals surface area (Å²) in [6.45, 7) is 1.60. The third-order valence-electron chi connectivity index (χ3n) is 3.76. The van der Waals surface area contributed by atoms with Gasteiger partial charge in [-0.3, -0.25) is 4.79 Å². The van der Waals surface area contributed by atoms with Gasteiger partial charge in [0.1, 0.15) is 5.76 Å². The van der Waals surface area contributed by atoms with Crippen LogP contribution in [0.4, 0.5) is 0 Å². The quantitative estimate of drug-likeness (QED) is 0.813. The van der Waals surface area contributed by atoms with Gasteiger partial charge in [0, 0.05) is 18.5 Å². The number of nitriles is 1. The van der Waals surface area contributed by atoms with Gasteiger partial charge in [0.2, 0.25) is 0 Å². The molecule has 0 unspecified atom stereocenters. The van der Waals surface area contributed by atoms with Gasteiger partial charge in [-0.2, -0.15) is 5.26 Å². The van der Waals surface area contributed by atoms with Crippen LogP contribution in [0, 0.1) is 11.3 Å². The summed E-state index contributed by atoms with van der Waals surface area (Å²) in [6, 6.07) is 8.80. The lowest BCUT2D eigenvalue weighted by Crippen LogP contribution is -2.31. The second kappa shape index (κ2) is 7.95. The zero-order valence-corrected chi connectivity index (χ0v) is 14.3. The number of hydrogen-bond acceptors (Lipinski definition) is 5. The van der Waals surface area contributed by atoms with E-state index < -0.39 is 0 Å². The summed E-state index contributed by atoms with van der Waals surface area (Å²) in [5.41, 5.74) is 0.388. The molecular formula is C18H17ClN2O4. The van der Waals surface area contributed by atoms with E-state index in [9.17, 15) is 4.79 Å². The van der Waals surface area contributed by atoms with Crippen LogP contribution in [0.5, 0.6) is 11.5 Å². The van der Waals surface area contributed by atoms with E-state index in [1.165, 1.54) is 0 Å². The molecule has 0 saturated carbocycles. The average molecular weight is 361 g/mol. The first-order chi connectivity index (χ1) is 12.2. The fourth-order valence-electron chi connectivity index (χ4n) is 2.56. The molecule has 1 aliphatic heterocycles. The first-order valence-electron chi connectivity index (χ1n) is 7.97. The molecule has 1 aromatic carbocycles. The molecule has 0 aliphatic carbocycles. The summed E-state index contributed by atoms with van der Waals surface area (Å²) >= 11 is 6.27. The summed E-state index contributed by atoms with van der Waals surface area (Å²) in [5, 5.41) is 9.19. The molecule has 0 fully saturated rings. The summed E-state index contributed by atoms with van der Waals surface area (Å²) in [6.07, 6.45) is 2.53. The van der Waals surface area contributed by atoms with E-state index in [1.54, 1.807) is 35.4 Å². The van der Waals surface area contributed by atoms with Crippen LogP contribution in [0.25, 0.3) is 0 Å². The molecule has 0 radical (unpaired) electrons. The molecule has 2 aromatic rings. The van der Waals surface area contributed by atoms with Gasteiger partial charge >= 0.3 is 0 Å². The van der Waals surface area contributed by atoms with Crippen LogP contribution in [0.1, 0.15) is 29.0 Å². The second-order valence-electron chi connectivity index (χ2n) is 5.55. The Hall–Kier alpha value is -2.65. The maximum atomic E-state index is 12.9. The Kier molecular flexibility index (Phi) is 5.46. The van der Waals surface area contributed by atoms with Gasteiger partial charge in [-0.1, -0.05) is 11.6 Å². The van der Waals surface area contributed by atoms with Gasteiger partial charge in [0.15, 0.2) is 11.5 Å². The van der Waals surface area contributed by atoms with Gasteiger partial charge in [0.05, 0.1) is 43.5 Å². The van der Waals surface area contributed by atoms with Crippen LogP contribution in [-0.2, 0) is 6.54 Å². The number of fused-ring (bicyclic) bond motifs is 1. The van der Waals surface area contributed by atoms with Crippen molar-refractivity contribution in [2.75, 3.05) is 19.8 Å². The highest BCUT2D eigenvalue weighted by atomic mass is 35.5. The first-order valence-corrected chi connectivity index (χ1v) is 8.34. The predicted molar refractivity (Wildman–Crippen MR) is 90.7 cm³/mol. The van der Waals surface area contributed by atoms with Gasteiger partial charge in [-0.25, -0.2) is 0 Å². The van der Waals surface area contributed by atoms with Crippen molar-refractivity contribution in [1.82, 2.24) is 4.90 Å². The zero-order valence-electron chi connectivity index (χ0n) is 13.5. The van der Waals surface area contributed by atoms with Crippen LogP contribution in [-0.4, -0.2) is 30.6 Å². The number of carbonyl (C=O) groups is 1. The molecule has 0 saturated heterocycles. The van der Waals surface area contributed by atoms with Crippen molar-refractivity contribution in [2.24, 2.45) is 0 Å². The largest absolute Gasteiger partial charge is 0.489 e. The third kappa shape index (κ3) is 4.06. The van der Waals surface area contributed by atoms with E-state index in [0.717, 1.165) is 6.42 Å². The first kappa shape index (κ1) is 17.2. The van der Waals surface area contributed by atoms with Crippen molar-refractivity contribution >= 4 is 17.5 Å². The molecule has 0 N–H and O–H groups in total. The van der Waals surface area contributed by atoms with Gasteiger partial charge in [0.25, 0.3) is 5.91 Å². The Labute approximate surface area is 150 Å². The van der Waals surface area contributed by atoms with Crippen molar-refractivity contribution in [3.8, 4) is 17.6 Å². The number of furan rings is 1. The molecule has 0 atom stereocenters. The van der Waals surface area contributed by atoms with Crippen LogP contribution in [0.2, 0.25) is 5.02 Å². The molecule has 1 aliphatic rings. The van der Waals surface area contributed by atoms with Gasteiger partial charge in [-0.05, 0) is 24.3 Å². The second-order valence-corrected chi connectivity index (χ2v) is 5.96. The smallest absolute Gasteiger partial charge is 0.254 e. The minimum atomic E-state index is -0.246. The SMILES string of the molecule is N#CCCN(Cc1ccco1)C(=O)c1cc(Cl)c2c(c1)OCCCO2. The predicted octanol–water partition coefficient (Wildman–Crippen LogP) is 3.65. The Morgan fingerprint density at radius 3 is 2.92 bits per heavy atom. The standard InChI is InChI=1S/C18H17ClN2O4/c19-15-10-13(11-16-17(15)25-9-3-8-24-16)18(22)21(6-2-5-20)12-14-4-1-7-23-14/h1,4,7,10-11H,2-3,6,8-9,12H2. The van der Waals surface area contributed by atoms with E-state index in [2.05, 4.69) is 6.07 Å². The lowest BCUT2D eigenvalue weighted by Gasteiger charge is -2.21. The molecule has 1 amide bonds. The number of nitrogens with zero attached hydrogens (tertiary/aromatic N) is 2. The highest BCUT2D eigenvalue weighted by Crippen LogP contribution is 2.38. The molecule has 7 heteroatoms. The molecule has 3 rings (SSSR count). The number of hydrogen-bond donors (Lipinski definition) is 0. The number of ether oxygens (including phenoxy) is 2. The van der Waals surface area contributed by atoms with Gasteiger partial charge < -0.3 is 18.8 Å². The van der Waals surface area contributed by atoms with Crippen molar-refractivity contribution < 1.29 is 18.7 Å². The number of rotatable bonds is 5. The Morgan fingerprint density at radius 1 is 1.32 bits per heavy atom. The fourth-order valence-corrected chi connectivity index (χ4v) is 2.83. The Bertz CT molecular complexity index is 783. The van der Waals surface area contributed by atoms with Crippen LogP contribution < -0.4 is 9.47 Å². The monoisotopic (exact) mass is 360 g/mol. The summed E-state index contributed by atoms with van der Waals surface area (Å²) < 4.78 is 16.5. The summed E-state index contributed by atoms with van der Waals surface area (Å²) in [4.78, 5) is 14.5. The molecule has 130 valence electrons. The van der Waals surface area contributed by atoms with E-state index in [0.29, 0.717) is 47.6 Å². The van der Waals surface area contributed by atoms with Crippen molar-refractivity contribution in [3.05, 3.63) is 46.9 Å². The minimum absolute atomic E-state index is 0.227. The van der Waals surface area contributed by atoms with E-state index in [-0.39, 0.29) is 18.9 Å². The van der Waals surface area contributed by atoms with E-state index in [1.807, 2.05) is 0 Å². The van der Waals surface area contributed by atoms with Crippen LogP contribution in [0.15, 0.2) is 34.9 Å². The normalized spacial score (nSPS) is 13.0. The lowest BCUT2D eigenvalue weighted by molar-refractivity contribution is 0.0735. The van der Waals surface area contributed by atoms with Crippen molar-refractivity contribution in [2.45, 2.75) is 19.4 Å². The van der Waals surface area contributed by atoms with Crippen molar-refractivity contribution in [1.29, 1.82) is 5.26 Å². The summed E-state index contributed by atoms with van der Waals surface area (Å²) in [7, 11) is 0. The summed E-state index contributed by atoms with van der Waals surface area (Å²) in [5.74, 6) is 1.33. The molecule has 0 bridgehead atoms. The minimum Gasteiger partial charge on any atom is -0.489 e. The number of carbonyl (C=O) groups excluding carboxylic acids is 1. The maximum absolute atomic E-state index is 12.9. The highest BCUT2D eigenvalue weighted by molar-refractivity contribution is 6.32. The number of benzene rings is 1. The van der Waals surface area contributed by atoms with E-state index >= 15 is 0 Å². The Morgan fingerprint density at radius 2 is 2.16 bits per heavy atom. The van der Waals surface area contributed by atoms with Crippen LogP contribution in [0.3, 0.4) is 0 Å². The van der Waals surface area contributed by atoms with Gasteiger partial charge in [-0.15, -0.1) is 0 Å². The van der Waals surface area contributed by atoms with Crippen molar-refractivity contribution in [3.63, 3.8) is 0 Å². The van der Waals surface area contributed by atoms with E-state index in [4.69, 9.17) is 30.8 Å². The Balaban J connectivity index is 1.87. The molecule has 2 heterocycles. The molecule has 0 spiro atoms. The highest BCUT2D eigenvalue weighted by Gasteiger charge is 2.22. The molecular weight excluding hydrogens is 344 g/mol. The zero-order chi connectivity index (χ0) is 17.6. The van der Waals surface area contributed by atoms with Crippen LogP contribution >= 0.6 is 11.6 Å². The fraction of sp³-hybridized carbons (Fsp3) is 0.333. The average Bonchev–Trinajstić information content (AvgIpc) is 3.00. The molecule has 1 aromatic heterocycles. The molecule has 25 heavy (non-hydrogen) atoms. The lowest BCUT2D eigenvalue weighted by atomic mass is 10.1. The number of amides is 1. The maximum Gasteiger partial charge on any atom is 0.254 e. The molecule has 6 nitrogen and oxygen atoms in total. The third-order valence-corrected chi connectivity index (χ3v) is 4.04. The number of halogens is 1. The topological polar surface area (TPSA) is 75.7 Å².